The molecule has 0 radical (unpaired) electrons. The van der Waals surface area contributed by atoms with E-state index in [1.54, 1.807) is 0 Å². The van der Waals surface area contributed by atoms with Crippen LogP contribution in [0.5, 0.6) is 0 Å². The van der Waals surface area contributed by atoms with Crippen LogP contribution in [-0.4, -0.2) is 87.4 Å². The lowest BCUT2D eigenvalue weighted by atomic mass is 10.0. The molecule has 0 saturated carbocycles. The van der Waals surface area contributed by atoms with Crippen molar-refractivity contribution in [2.45, 2.75) is 334 Å². The van der Waals surface area contributed by atoms with Crippen molar-refractivity contribution in [1.82, 2.24) is 0 Å². The first-order valence-corrected chi connectivity index (χ1v) is 39.6. The lowest BCUT2D eigenvalue weighted by Gasteiger charge is -2.25. The van der Waals surface area contributed by atoms with Gasteiger partial charge in [0.05, 0.1) is 34.4 Å². The zero-order valence-electron chi connectivity index (χ0n) is 63.2. The largest absolute Gasteiger partial charge is 0.477 e. The Morgan fingerprint density at radius 1 is 0.309 bits per heavy atom. The standard InChI is InChI=1S/C88H147NO8/c1-6-8-10-12-14-16-18-20-22-24-26-28-30-32-34-36-38-39-40-41-42-43-44-45-46-47-49-50-52-54-56-58-60-62-64-66-68-70-72-74-76-78-85(90)95-82-84(83-96-88(87(92)93)94-81-80-89(3,4)5)97-86(91)79-77-75-73-71-69-67-65-63-61-59-57-55-53-51-48-37-35-33-31-29-27-25-23-21-19-17-15-13-11-9-7-2/h8-11,14-17,20-23,26-29,32-35,48,51,55,57,61,63,84,88H,6-7,12-13,18-19,24-25,30-31,36-47,49-50,52-54,56,58-60,62,64-83H2,1-5H3/p+1/b10-8-,11-9-,16-14-,17-15-,22-20-,23-21-,28-26-,29-27-,34-32-,35-33-,51-48-,57-55-,63-61-. The number of carbonyl (C=O) groups is 3. The Morgan fingerprint density at radius 2 is 0.557 bits per heavy atom. The summed E-state index contributed by atoms with van der Waals surface area (Å²) in [5.74, 6) is -2.02. The first-order chi connectivity index (χ1) is 47.6. The highest BCUT2D eigenvalue weighted by molar-refractivity contribution is 5.71. The lowest BCUT2D eigenvalue weighted by molar-refractivity contribution is -0.870. The van der Waals surface area contributed by atoms with Crippen molar-refractivity contribution in [1.29, 1.82) is 0 Å². The van der Waals surface area contributed by atoms with Crippen molar-refractivity contribution in [3.05, 3.63) is 158 Å². The predicted octanol–water partition coefficient (Wildman–Crippen LogP) is 25.6. The van der Waals surface area contributed by atoms with E-state index in [0.717, 1.165) is 141 Å². The fourth-order valence-corrected chi connectivity index (χ4v) is 10.8. The SMILES string of the molecule is CC/C=C\C/C=C\C/C=C\C/C=C\C/C=C\C/C=C\C/C=C\C/C=C\CCCCCCCCC(=O)OC(COC(=O)CCCCCCCCCCCCCCCCCCCCCCCCCCC/C=C\C/C=C\C/C=C\C/C=C\C/C=C\CC)COC(OCC[N+](C)(C)C)C(=O)O. The van der Waals surface area contributed by atoms with Gasteiger partial charge in [-0.05, 0) is 122 Å². The fourth-order valence-electron chi connectivity index (χ4n) is 10.8. The number of hydrogen-bond donors (Lipinski definition) is 1. The van der Waals surface area contributed by atoms with Gasteiger partial charge in [-0.25, -0.2) is 4.79 Å². The maximum Gasteiger partial charge on any atom is 0.361 e. The molecule has 2 unspecified atom stereocenters. The molecule has 0 heterocycles. The van der Waals surface area contributed by atoms with E-state index in [4.69, 9.17) is 18.9 Å². The quantitative estimate of drug-likeness (QED) is 0.0211. The zero-order chi connectivity index (χ0) is 70.4. The van der Waals surface area contributed by atoms with Crippen LogP contribution in [0.1, 0.15) is 322 Å². The van der Waals surface area contributed by atoms with Gasteiger partial charge in [0.2, 0.25) is 0 Å². The Kier molecular flexibility index (Phi) is 72.6. The summed E-state index contributed by atoms with van der Waals surface area (Å²) in [6, 6.07) is 0. The van der Waals surface area contributed by atoms with E-state index in [9.17, 15) is 19.5 Å². The summed E-state index contributed by atoms with van der Waals surface area (Å²) in [7, 11) is 5.97. The molecule has 9 heteroatoms. The van der Waals surface area contributed by atoms with Crippen molar-refractivity contribution in [3.8, 4) is 0 Å². The first-order valence-electron chi connectivity index (χ1n) is 39.6. The van der Waals surface area contributed by atoms with Crippen LogP contribution < -0.4 is 0 Å². The summed E-state index contributed by atoms with van der Waals surface area (Å²) >= 11 is 0. The van der Waals surface area contributed by atoms with Gasteiger partial charge in [0, 0.05) is 12.8 Å². The van der Waals surface area contributed by atoms with E-state index >= 15 is 0 Å². The smallest absolute Gasteiger partial charge is 0.361 e. The molecule has 0 fully saturated rings. The van der Waals surface area contributed by atoms with Gasteiger partial charge in [-0.15, -0.1) is 0 Å². The summed E-state index contributed by atoms with van der Waals surface area (Å²) in [6.07, 6.45) is 111. The molecule has 0 aromatic rings. The van der Waals surface area contributed by atoms with Crippen LogP contribution in [0.25, 0.3) is 0 Å². The molecular formula is C88H148NO8+. The van der Waals surface area contributed by atoms with Gasteiger partial charge >= 0.3 is 17.9 Å². The third-order valence-electron chi connectivity index (χ3n) is 16.8. The molecule has 0 saturated heterocycles. The molecule has 0 rings (SSSR count). The van der Waals surface area contributed by atoms with Crippen molar-refractivity contribution in [3.63, 3.8) is 0 Å². The van der Waals surface area contributed by atoms with E-state index in [2.05, 4.69) is 172 Å². The number of rotatable bonds is 72. The normalized spacial score (nSPS) is 13.5. The number of carbonyl (C=O) groups excluding carboxylic acids is 2. The number of nitrogens with zero attached hydrogens (tertiary/aromatic N) is 1. The molecule has 0 aliphatic carbocycles. The fraction of sp³-hybridized carbons (Fsp3) is 0.670. The molecule has 0 aliphatic heterocycles. The van der Waals surface area contributed by atoms with Gasteiger partial charge in [-0.2, -0.15) is 0 Å². The van der Waals surface area contributed by atoms with Crippen LogP contribution in [0.2, 0.25) is 0 Å². The molecule has 0 spiro atoms. The molecule has 0 aromatic carbocycles. The molecule has 0 bridgehead atoms. The minimum atomic E-state index is -1.52. The van der Waals surface area contributed by atoms with Crippen molar-refractivity contribution in [2.75, 3.05) is 47.5 Å². The Bertz CT molecular complexity index is 2160. The number of esters is 2. The van der Waals surface area contributed by atoms with E-state index in [-0.39, 0.29) is 32.2 Å². The molecule has 2 atom stereocenters. The molecule has 552 valence electrons. The Hall–Kier alpha value is -5.09. The molecular weight excluding hydrogens is 1200 g/mol. The number of ether oxygens (including phenoxy) is 4. The van der Waals surface area contributed by atoms with Crippen LogP contribution >= 0.6 is 0 Å². The van der Waals surface area contributed by atoms with Gasteiger partial charge in [-0.1, -0.05) is 345 Å². The van der Waals surface area contributed by atoms with Crippen LogP contribution in [0.15, 0.2) is 158 Å². The Balaban J connectivity index is 4.05. The van der Waals surface area contributed by atoms with Gasteiger partial charge < -0.3 is 28.5 Å². The highest BCUT2D eigenvalue weighted by Crippen LogP contribution is 2.18. The van der Waals surface area contributed by atoms with Crippen LogP contribution in [0, 0.1) is 0 Å². The molecule has 1 N–H and O–H groups in total. The molecule has 9 nitrogen and oxygen atoms in total. The summed E-state index contributed by atoms with van der Waals surface area (Å²) < 4.78 is 23.0. The molecule has 0 aliphatic rings. The number of aliphatic carboxylic acids is 1. The lowest BCUT2D eigenvalue weighted by Crippen LogP contribution is -2.40. The van der Waals surface area contributed by atoms with E-state index < -0.39 is 24.3 Å². The first kappa shape index (κ1) is 91.9. The van der Waals surface area contributed by atoms with Crippen LogP contribution in [-0.2, 0) is 33.3 Å². The zero-order valence-corrected chi connectivity index (χ0v) is 63.2. The summed E-state index contributed by atoms with van der Waals surface area (Å²) in [6.45, 7) is 4.65. The second kappa shape index (κ2) is 76.7. The Morgan fingerprint density at radius 3 is 0.825 bits per heavy atom. The number of likely N-dealkylation sites (N-methyl/N-ethyl adjacent to an activating group) is 1. The minimum Gasteiger partial charge on any atom is -0.477 e. The molecule has 0 amide bonds. The monoisotopic (exact) mass is 1350 g/mol. The summed E-state index contributed by atoms with van der Waals surface area (Å²) in [5, 5.41) is 9.77. The van der Waals surface area contributed by atoms with Gasteiger partial charge in [-0.3, -0.25) is 9.59 Å². The minimum absolute atomic E-state index is 0.179. The van der Waals surface area contributed by atoms with Crippen molar-refractivity contribution in [2.24, 2.45) is 0 Å². The molecule has 97 heavy (non-hydrogen) atoms. The number of unbranched alkanes of at least 4 members (excludes halogenated alkanes) is 31. The number of quaternary nitrogens is 1. The maximum absolute atomic E-state index is 13.0. The maximum atomic E-state index is 13.0. The average molecular weight is 1350 g/mol. The van der Waals surface area contributed by atoms with Crippen molar-refractivity contribution < 1.29 is 42.9 Å². The summed E-state index contributed by atoms with van der Waals surface area (Å²) in [5.41, 5.74) is 0. The van der Waals surface area contributed by atoms with Gasteiger partial charge in [0.1, 0.15) is 13.2 Å². The predicted molar refractivity (Wildman–Crippen MR) is 419 cm³/mol. The van der Waals surface area contributed by atoms with Gasteiger partial charge in [0.15, 0.2) is 6.10 Å². The van der Waals surface area contributed by atoms with E-state index in [0.29, 0.717) is 23.9 Å². The van der Waals surface area contributed by atoms with Crippen molar-refractivity contribution >= 4 is 17.9 Å². The highest BCUT2D eigenvalue weighted by atomic mass is 16.7. The average Bonchev–Trinajstić information content (AvgIpc) is 2.39. The molecule has 0 aromatic heterocycles. The van der Waals surface area contributed by atoms with E-state index in [1.807, 2.05) is 21.1 Å². The second-order valence-electron chi connectivity index (χ2n) is 27.3. The van der Waals surface area contributed by atoms with Crippen LogP contribution in [0.3, 0.4) is 0 Å². The second-order valence-corrected chi connectivity index (χ2v) is 27.3. The number of allylic oxidation sites excluding steroid dienone is 26. The summed E-state index contributed by atoms with van der Waals surface area (Å²) in [4.78, 5) is 37.7. The number of hydrogen-bond acceptors (Lipinski definition) is 7. The number of carboxylic acids is 1. The van der Waals surface area contributed by atoms with Gasteiger partial charge in [0.25, 0.3) is 6.29 Å². The topological polar surface area (TPSA) is 108 Å². The van der Waals surface area contributed by atoms with Crippen LogP contribution in [0.4, 0.5) is 0 Å². The number of carboxylic acid groups (broad SMARTS) is 1. The highest BCUT2D eigenvalue weighted by Gasteiger charge is 2.25. The third kappa shape index (κ3) is 78.1. The third-order valence-corrected chi connectivity index (χ3v) is 16.8. The van der Waals surface area contributed by atoms with E-state index in [1.165, 1.54) is 148 Å². The Labute approximate surface area is 597 Å².